The summed E-state index contributed by atoms with van der Waals surface area (Å²) in [4.78, 5) is 8.99. The SMILES string of the molecule is O[C@H](c1ccc(F)cc1)c1nc(Nc2ccn[nH]2)c2ccc(I)cc2n1. The van der Waals surface area contributed by atoms with Crippen molar-refractivity contribution in [2.45, 2.75) is 6.10 Å². The number of fused-ring (bicyclic) bond motifs is 1. The number of H-pyrrole nitrogens is 1. The molecule has 0 unspecified atom stereocenters. The van der Waals surface area contributed by atoms with Crippen molar-refractivity contribution in [2.75, 3.05) is 5.32 Å². The van der Waals surface area contributed by atoms with Crippen molar-refractivity contribution in [3.63, 3.8) is 0 Å². The molecule has 3 N–H and O–H groups in total. The van der Waals surface area contributed by atoms with Crippen LogP contribution in [-0.4, -0.2) is 25.3 Å². The molecule has 0 aliphatic carbocycles. The van der Waals surface area contributed by atoms with Crippen molar-refractivity contribution in [2.24, 2.45) is 0 Å². The third kappa shape index (κ3) is 3.37. The minimum atomic E-state index is -1.07. The van der Waals surface area contributed by atoms with Gasteiger partial charge in [-0.05, 0) is 58.5 Å². The van der Waals surface area contributed by atoms with Crippen molar-refractivity contribution >= 4 is 45.1 Å². The van der Waals surface area contributed by atoms with Gasteiger partial charge in [-0.1, -0.05) is 12.1 Å². The molecule has 0 spiro atoms. The Morgan fingerprint density at radius 1 is 1.08 bits per heavy atom. The van der Waals surface area contributed by atoms with E-state index in [1.807, 2.05) is 18.2 Å². The van der Waals surface area contributed by atoms with Gasteiger partial charge in [-0.3, -0.25) is 5.10 Å². The van der Waals surface area contributed by atoms with E-state index in [4.69, 9.17) is 0 Å². The lowest BCUT2D eigenvalue weighted by molar-refractivity contribution is 0.210. The van der Waals surface area contributed by atoms with Gasteiger partial charge >= 0.3 is 0 Å². The number of hydrogen-bond donors (Lipinski definition) is 3. The first-order chi connectivity index (χ1) is 12.6. The Kier molecular flexibility index (Phi) is 4.51. The first kappa shape index (κ1) is 16.9. The van der Waals surface area contributed by atoms with Crippen molar-refractivity contribution < 1.29 is 9.50 Å². The number of aliphatic hydroxyl groups excluding tert-OH is 1. The second-order valence-electron chi connectivity index (χ2n) is 5.64. The van der Waals surface area contributed by atoms with Crippen LogP contribution < -0.4 is 5.32 Å². The normalized spacial score (nSPS) is 12.3. The van der Waals surface area contributed by atoms with E-state index in [2.05, 4.69) is 48.1 Å². The molecule has 4 rings (SSSR count). The molecule has 0 bridgehead atoms. The smallest absolute Gasteiger partial charge is 0.164 e. The van der Waals surface area contributed by atoms with E-state index < -0.39 is 6.10 Å². The van der Waals surface area contributed by atoms with Gasteiger partial charge in [0.05, 0.1) is 11.7 Å². The van der Waals surface area contributed by atoms with Gasteiger partial charge in [0.2, 0.25) is 0 Å². The van der Waals surface area contributed by atoms with Crippen LogP contribution in [0.25, 0.3) is 10.9 Å². The minimum Gasteiger partial charge on any atom is -0.380 e. The summed E-state index contributed by atoms with van der Waals surface area (Å²) in [6, 6.07) is 13.2. The van der Waals surface area contributed by atoms with E-state index >= 15 is 0 Å². The molecule has 2 heterocycles. The lowest BCUT2D eigenvalue weighted by Gasteiger charge is -2.14. The molecule has 0 aliphatic heterocycles. The molecule has 0 amide bonds. The van der Waals surface area contributed by atoms with Gasteiger partial charge in [-0.25, -0.2) is 14.4 Å². The van der Waals surface area contributed by atoms with Crippen LogP contribution in [0, 0.1) is 9.39 Å². The molecule has 4 aromatic rings. The summed E-state index contributed by atoms with van der Waals surface area (Å²) in [5, 5.41) is 21.4. The summed E-state index contributed by atoms with van der Waals surface area (Å²) in [6.45, 7) is 0. The van der Waals surface area contributed by atoms with Crippen molar-refractivity contribution in [1.29, 1.82) is 0 Å². The monoisotopic (exact) mass is 461 g/mol. The number of nitrogens with one attached hydrogen (secondary N) is 2. The predicted molar refractivity (Wildman–Crippen MR) is 105 cm³/mol. The quantitative estimate of drug-likeness (QED) is 0.401. The summed E-state index contributed by atoms with van der Waals surface area (Å²) in [6.07, 6.45) is 0.559. The minimum absolute atomic E-state index is 0.230. The van der Waals surface area contributed by atoms with Gasteiger partial charge in [0.15, 0.2) is 5.82 Å². The van der Waals surface area contributed by atoms with Crippen molar-refractivity contribution in [1.82, 2.24) is 20.2 Å². The highest BCUT2D eigenvalue weighted by Gasteiger charge is 2.17. The number of nitrogens with zero attached hydrogens (tertiary/aromatic N) is 3. The summed E-state index contributed by atoms with van der Waals surface area (Å²) >= 11 is 2.21. The van der Waals surface area contributed by atoms with Gasteiger partial charge in [-0.2, -0.15) is 5.10 Å². The molecule has 0 saturated carbocycles. The van der Waals surface area contributed by atoms with Crippen LogP contribution in [0.5, 0.6) is 0 Å². The van der Waals surface area contributed by atoms with E-state index in [9.17, 15) is 9.50 Å². The van der Waals surface area contributed by atoms with E-state index in [1.165, 1.54) is 24.3 Å². The first-order valence-corrected chi connectivity index (χ1v) is 8.85. The Morgan fingerprint density at radius 2 is 1.88 bits per heavy atom. The molecule has 2 aromatic carbocycles. The Labute approximate surface area is 161 Å². The van der Waals surface area contributed by atoms with Gasteiger partial charge < -0.3 is 10.4 Å². The van der Waals surface area contributed by atoms with E-state index in [-0.39, 0.29) is 11.6 Å². The number of rotatable bonds is 4. The molecular weight excluding hydrogens is 448 g/mol. The van der Waals surface area contributed by atoms with Crippen molar-refractivity contribution in [3.05, 3.63) is 75.5 Å². The average molecular weight is 461 g/mol. The zero-order valence-corrected chi connectivity index (χ0v) is 15.5. The summed E-state index contributed by atoms with van der Waals surface area (Å²) in [5.41, 5.74) is 1.22. The van der Waals surface area contributed by atoms with E-state index in [0.29, 0.717) is 22.7 Å². The topological polar surface area (TPSA) is 86.7 Å². The van der Waals surface area contributed by atoms with Crippen LogP contribution in [0.4, 0.5) is 16.0 Å². The molecular formula is C18H13FIN5O. The molecule has 1 atom stereocenters. The second-order valence-corrected chi connectivity index (χ2v) is 6.89. The molecule has 0 saturated heterocycles. The van der Waals surface area contributed by atoms with Crippen LogP contribution in [0.1, 0.15) is 17.5 Å². The Balaban J connectivity index is 1.82. The van der Waals surface area contributed by atoms with Crippen LogP contribution >= 0.6 is 22.6 Å². The molecule has 6 nitrogen and oxygen atoms in total. The van der Waals surface area contributed by atoms with E-state index in [0.717, 1.165) is 8.96 Å². The van der Waals surface area contributed by atoms with Crippen LogP contribution in [0.2, 0.25) is 0 Å². The molecule has 2 aromatic heterocycles. The highest BCUT2D eigenvalue weighted by atomic mass is 127. The van der Waals surface area contributed by atoms with Gasteiger partial charge in [0.25, 0.3) is 0 Å². The van der Waals surface area contributed by atoms with Gasteiger partial charge in [0.1, 0.15) is 23.6 Å². The lowest BCUT2D eigenvalue weighted by atomic mass is 10.1. The number of benzene rings is 2. The fraction of sp³-hybridized carbons (Fsp3) is 0.0556. The molecule has 26 heavy (non-hydrogen) atoms. The largest absolute Gasteiger partial charge is 0.380 e. The highest BCUT2D eigenvalue weighted by molar-refractivity contribution is 14.1. The number of hydrogen-bond acceptors (Lipinski definition) is 5. The summed E-state index contributed by atoms with van der Waals surface area (Å²) in [5.74, 6) is 1.09. The molecule has 130 valence electrons. The Hall–Kier alpha value is -2.59. The van der Waals surface area contributed by atoms with Crippen LogP contribution in [0.3, 0.4) is 0 Å². The van der Waals surface area contributed by atoms with Gasteiger partial charge in [0, 0.05) is 15.0 Å². The fourth-order valence-corrected chi connectivity index (χ4v) is 3.06. The maximum atomic E-state index is 13.1. The lowest BCUT2D eigenvalue weighted by Crippen LogP contribution is -2.08. The Bertz CT molecular complexity index is 1050. The average Bonchev–Trinajstić information content (AvgIpc) is 3.14. The van der Waals surface area contributed by atoms with E-state index in [1.54, 1.807) is 12.3 Å². The molecule has 0 aliphatic rings. The van der Waals surface area contributed by atoms with Gasteiger partial charge in [-0.15, -0.1) is 0 Å². The zero-order chi connectivity index (χ0) is 18.1. The number of aromatic amines is 1. The first-order valence-electron chi connectivity index (χ1n) is 7.77. The maximum absolute atomic E-state index is 13.1. The number of halogens is 2. The number of aliphatic hydroxyl groups is 1. The fourth-order valence-electron chi connectivity index (χ4n) is 2.59. The molecule has 8 heteroatoms. The van der Waals surface area contributed by atoms with Crippen LogP contribution in [-0.2, 0) is 0 Å². The standard InChI is InChI=1S/C18H13FIN5O/c19-11-3-1-10(2-4-11)16(26)18-22-14-9-12(20)5-6-13(14)17(24-18)23-15-7-8-21-25-15/h1-9,16,26H,(H2,21,22,23,24,25)/t16-/m1/s1. The zero-order valence-electron chi connectivity index (χ0n) is 13.3. The molecule has 0 fully saturated rings. The van der Waals surface area contributed by atoms with Crippen LogP contribution in [0.15, 0.2) is 54.7 Å². The number of aromatic nitrogens is 4. The summed E-state index contributed by atoms with van der Waals surface area (Å²) in [7, 11) is 0. The summed E-state index contributed by atoms with van der Waals surface area (Å²) < 4.78 is 14.2. The maximum Gasteiger partial charge on any atom is 0.164 e. The molecule has 0 radical (unpaired) electrons. The number of anilines is 2. The second kappa shape index (κ2) is 6.96. The third-order valence-electron chi connectivity index (χ3n) is 3.86. The predicted octanol–water partition coefficient (Wildman–Crippen LogP) is 3.92. The third-order valence-corrected chi connectivity index (χ3v) is 4.53. The Morgan fingerprint density at radius 3 is 2.62 bits per heavy atom. The van der Waals surface area contributed by atoms with Crippen molar-refractivity contribution in [3.8, 4) is 0 Å². The highest BCUT2D eigenvalue weighted by Crippen LogP contribution is 2.28.